The van der Waals surface area contributed by atoms with Gasteiger partial charge in [-0.25, -0.2) is 0 Å². The van der Waals surface area contributed by atoms with Gasteiger partial charge >= 0.3 is 0 Å². The van der Waals surface area contributed by atoms with Crippen molar-refractivity contribution in [3.8, 4) is 5.75 Å². The van der Waals surface area contributed by atoms with Crippen molar-refractivity contribution in [3.63, 3.8) is 0 Å². The minimum absolute atomic E-state index is 0.0670. The van der Waals surface area contributed by atoms with Gasteiger partial charge in [-0.2, -0.15) is 0 Å². The Morgan fingerprint density at radius 3 is 2.86 bits per heavy atom. The van der Waals surface area contributed by atoms with Crippen LogP contribution in [0.25, 0.3) is 0 Å². The average molecular weight is 197 g/mol. The van der Waals surface area contributed by atoms with Crippen molar-refractivity contribution in [1.29, 1.82) is 0 Å². The summed E-state index contributed by atoms with van der Waals surface area (Å²) in [5.74, 6) is 6.09. The molecular formula is C9H15N3O2. The van der Waals surface area contributed by atoms with E-state index >= 15 is 0 Å². The van der Waals surface area contributed by atoms with Gasteiger partial charge in [0, 0.05) is 13.3 Å². The van der Waals surface area contributed by atoms with Crippen molar-refractivity contribution >= 4 is 0 Å². The topological polar surface area (TPSA) is 69.4 Å². The van der Waals surface area contributed by atoms with E-state index in [1.54, 1.807) is 26.6 Å². The smallest absolute Gasteiger partial charge is 0.137 e. The van der Waals surface area contributed by atoms with E-state index < -0.39 is 0 Å². The molecule has 0 fully saturated rings. The van der Waals surface area contributed by atoms with Gasteiger partial charge in [0.2, 0.25) is 0 Å². The SMILES string of the molecule is COCC(NN)c1cncc(OC)c1. The standard InChI is InChI=1S/C9H15N3O2/c1-13-6-9(12-10)7-3-8(14-2)5-11-4-7/h3-5,9,12H,6,10H2,1-2H3. The third kappa shape index (κ3) is 2.66. The van der Waals surface area contributed by atoms with E-state index in [2.05, 4.69) is 10.4 Å². The fourth-order valence-electron chi connectivity index (χ4n) is 1.15. The van der Waals surface area contributed by atoms with Gasteiger partial charge in [0.25, 0.3) is 0 Å². The van der Waals surface area contributed by atoms with E-state index in [-0.39, 0.29) is 6.04 Å². The number of nitrogens with zero attached hydrogens (tertiary/aromatic N) is 1. The van der Waals surface area contributed by atoms with Crippen molar-refractivity contribution in [2.45, 2.75) is 6.04 Å². The number of hydrogen-bond donors (Lipinski definition) is 2. The van der Waals surface area contributed by atoms with E-state index in [9.17, 15) is 0 Å². The summed E-state index contributed by atoms with van der Waals surface area (Å²) in [6.45, 7) is 0.491. The predicted octanol–water partition coefficient (Wildman–Crippen LogP) is 0.241. The highest BCUT2D eigenvalue weighted by molar-refractivity contribution is 5.25. The Hall–Kier alpha value is -1.17. The molecule has 0 aliphatic carbocycles. The largest absolute Gasteiger partial charge is 0.495 e. The quantitative estimate of drug-likeness (QED) is 0.522. The number of methoxy groups -OCH3 is 2. The summed E-state index contributed by atoms with van der Waals surface area (Å²) >= 11 is 0. The second kappa shape index (κ2) is 5.54. The molecule has 1 aromatic rings. The highest BCUT2D eigenvalue weighted by Crippen LogP contribution is 2.16. The lowest BCUT2D eigenvalue weighted by Crippen LogP contribution is -2.31. The molecule has 0 saturated carbocycles. The van der Waals surface area contributed by atoms with E-state index in [1.165, 1.54) is 0 Å². The molecular weight excluding hydrogens is 182 g/mol. The monoisotopic (exact) mass is 197 g/mol. The van der Waals surface area contributed by atoms with Crippen LogP contribution in [0.5, 0.6) is 5.75 Å². The van der Waals surface area contributed by atoms with Crippen LogP contribution in [0, 0.1) is 0 Å². The van der Waals surface area contributed by atoms with Gasteiger partial charge in [-0.15, -0.1) is 0 Å². The van der Waals surface area contributed by atoms with Crippen LogP contribution in [0.4, 0.5) is 0 Å². The molecule has 5 heteroatoms. The number of rotatable bonds is 5. The molecule has 0 saturated heterocycles. The fourth-order valence-corrected chi connectivity index (χ4v) is 1.15. The number of nitrogens with one attached hydrogen (secondary N) is 1. The minimum Gasteiger partial charge on any atom is -0.495 e. The van der Waals surface area contributed by atoms with Gasteiger partial charge in [0.05, 0.1) is 26.0 Å². The maximum Gasteiger partial charge on any atom is 0.137 e. The summed E-state index contributed by atoms with van der Waals surface area (Å²) in [5, 5.41) is 0. The first kappa shape index (κ1) is 10.9. The first-order valence-corrected chi connectivity index (χ1v) is 4.25. The molecule has 0 aromatic carbocycles. The lowest BCUT2D eigenvalue weighted by Gasteiger charge is -2.15. The molecule has 3 N–H and O–H groups in total. The Balaban J connectivity index is 2.80. The summed E-state index contributed by atoms with van der Waals surface area (Å²) in [6.07, 6.45) is 3.37. The molecule has 1 atom stereocenters. The maximum absolute atomic E-state index is 5.38. The highest BCUT2D eigenvalue weighted by Gasteiger charge is 2.09. The first-order valence-electron chi connectivity index (χ1n) is 4.25. The van der Waals surface area contributed by atoms with E-state index in [1.807, 2.05) is 6.07 Å². The van der Waals surface area contributed by atoms with Crippen molar-refractivity contribution in [1.82, 2.24) is 10.4 Å². The molecule has 78 valence electrons. The normalized spacial score (nSPS) is 12.5. The second-order valence-corrected chi connectivity index (χ2v) is 2.83. The van der Waals surface area contributed by atoms with Crippen LogP contribution < -0.4 is 16.0 Å². The van der Waals surface area contributed by atoms with Crippen molar-refractivity contribution in [3.05, 3.63) is 24.0 Å². The zero-order valence-electron chi connectivity index (χ0n) is 8.36. The third-order valence-electron chi connectivity index (χ3n) is 1.91. The Morgan fingerprint density at radius 2 is 2.29 bits per heavy atom. The van der Waals surface area contributed by atoms with Crippen LogP contribution in [0.3, 0.4) is 0 Å². The fraction of sp³-hybridized carbons (Fsp3) is 0.444. The molecule has 0 radical (unpaired) electrons. The van der Waals surface area contributed by atoms with Crippen LogP contribution in [0.15, 0.2) is 18.5 Å². The second-order valence-electron chi connectivity index (χ2n) is 2.83. The summed E-state index contributed by atoms with van der Waals surface area (Å²) in [6, 6.07) is 1.80. The summed E-state index contributed by atoms with van der Waals surface area (Å²) in [5.41, 5.74) is 3.59. The third-order valence-corrected chi connectivity index (χ3v) is 1.91. The number of nitrogens with two attached hydrogens (primary N) is 1. The Labute approximate surface area is 83.2 Å². The van der Waals surface area contributed by atoms with Crippen LogP contribution in [-0.2, 0) is 4.74 Å². The highest BCUT2D eigenvalue weighted by atomic mass is 16.5. The van der Waals surface area contributed by atoms with Crippen LogP contribution in [-0.4, -0.2) is 25.8 Å². The van der Waals surface area contributed by atoms with Gasteiger partial charge in [-0.05, 0) is 11.6 Å². The molecule has 1 aromatic heterocycles. The molecule has 1 rings (SSSR count). The molecule has 5 nitrogen and oxygen atoms in total. The Bertz CT molecular complexity index is 281. The lowest BCUT2D eigenvalue weighted by atomic mass is 10.1. The van der Waals surface area contributed by atoms with Crippen molar-refractivity contribution in [2.24, 2.45) is 5.84 Å². The molecule has 0 bridgehead atoms. The van der Waals surface area contributed by atoms with Gasteiger partial charge in [0.1, 0.15) is 5.75 Å². The first-order chi connectivity index (χ1) is 6.81. The van der Waals surface area contributed by atoms with E-state index in [4.69, 9.17) is 15.3 Å². The van der Waals surface area contributed by atoms with Gasteiger partial charge in [-0.3, -0.25) is 16.3 Å². The molecule has 14 heavy (non-hydrogen) atoms. The maximum atomic E-state index is 5.38. The Kier molecular flexibility index (Phi) is 4.31. The number of hydrazine groups is 1. The van der Waals surface area contributed by atoms with Gasteiger partial charge in [0.15, 0.2) is 0 Å². The number of aromatic nitrogens is 1. The zero-order chi connectivity index (χ0) is 10.4. The molecule has 0 aliphatic heterocycles. The van der Waals surface area contributed by atoms with Crippen LogP contribution >= 0.6 is 0 Å². The summed E-state index contributed by atoms with van der Waals surface area (Å²) in [4.78, 5) is 4.03. The average Bonchev–Trinajstić information content (AvgIpc) is 2.26. The van der Waals surface area contributed by atoms with E-state index in [0.717, 1.165) is 5.56 Å². The zero-order valence-corrected chi connectivity index (χ0v) is 8.36. The van der Waals surface area contributed by atoms with Crippen molar-refractivity contribution < 1.29 is 9.47 Å². The minimum atomic E-state index is -0.0670. The number of ether oxygens (including phenoxy) is 2. The van der Waals surface area contributed by atoms with Gasteiger partial charge < -0.3 is 9.47 Å². The molecule has 1 unspecified atom stereocenters. The summed E-state index contributed by atoms with van der Waals surface area (Å²) in [7, 11) is 3.22. The number of hydrogen-bond acceptors (Lipinski definition) is 5. The predicted molar refractivity (Wildman–Crippen MR) is 52.7 cm³/mol. The van der Waals surface area contributed by atoms with Crippen LogP contribution in [0.1, 0.15) is 11.6 Å². The number of pyridine rings is 1. The van der Waals surface area contributed by atoms with Crippen LogP contribution in [0.2, 0.25) is 0 Å². The molecule has 0 spiro atoms. The molecule has 0 aliphatic rings. The van der Waals surface area contributed by atoms with Crippen molar-refractivity contribution in [2.75, 3.05) is 20.8 Å². The molecule has 1 heterocycles. The lowest BCUT2D eigenvalue weighted by molar-refractivity contribution is 0.167. The molecule has 0 amide bonds. The summed E-state index contributed by atoms with van der Waals surface area (Å²) < 4.78 is 10.1. The van der Waals surface area contributed by atoms with E-state index in [0.29, 0.717) is 12.4 Å². The Morgan fingerprint density at radius 1 is 1.50 bits per heavy atom. The van der Waals surface area contributed by atoms with Gasteiger partial charge in [-0.1, -0.05) is 0 Å².